The number of nitriles is 1. The summed E-state index contributed by atoms with van der Waals surface area (Å²) in [7, 11) is 0. The van der Waals surface area contributed by atoms with Gasteiger partial charge in [0.25, 0.3) is 0 Å². The second-order valence-corrected chi connectivity index (χ2v) is 7.11. The van der Waals surface area contributed by atoms with E-state index in [0.717, 1.165) is 41.7 Å². The van der Waals surface area contributed by atoms with E-state index in [1.807, 2.05) is 18.3 Å². The zero-order valence-corrected chi connectivity index (χ0v) is 13.4. The third-order valence-electron chi connectivity index (χ3n) is 3.42. The van der Waals surface area contributed by atoms with Gasteiger partial charge in [-0.1, -0.05) is 6.92 Å². The van der Waals surface area contributed by atoms with Gasteiger partial charge in [0.1, 0.15) is 5.54 Å². The number of rotatable bonds is 4. The van der Waals surface area contributed by atoms with Crippen LogP contribution in [0.4, 0.5) is 0 Å². The molecule has 0 radical (unpaired) electrons. The maximum Gasteiger partial charge on any atom is 0.107 e. The van der Waals surface area contributed by atoms with E-state index in [4.69, 9.17) is 0 Å². The van der Waals surface area contributed by atoms with Crippen molar-refractivity contribution in [2.24, 2.45) is 0 Å². The summed E-state index contributed by atoms with van der Waals surface area (Å²) in [6.07, 6.45) is 5.96. The average Bonchev–Trinajstić information content (AvgIpc) is 2.42. The Morgan fingerprint density at radius 2 is 2.47 bits per heavy atom. The first-order valence-corrected chi connectivity index (χ1v) is 8.29. The first kappa shape index (κ1) is 14.8. The molecule has 0 saturated heterocycles. The molecule has 1 aliphatic carbocycles. The maximum atomic E-state index is 9.45. The van der Waals surface area contributed by atoms with E-state index in [9.17, 15) is 5.26 Å². The number of nitrogens with one attached hydrogen (secondary N) is 1. The summed E-state index contributed by atoms with van der Waals surface area (Å²) >= 11 is 5.19. The minimum absolute atomic E-state index is 0.333. The molecule has 5 heteroatoms. The van der Waals surface area contributed by atoms with Crippen LogP contribution in [-0.2, 0) is 0 Å². The highest BCUT2D eigenvalue weighted by Crippen LogP contribution is 2.37. The lowest BCUT2D eigenvalue weighted by Gasteiger charge is -2.35. The molecule has 0 bridgehead atoms. The molecule has 1 heterocycles. The van der Waals surface area contributed by atoms with Gasteiger partial charge in [-0.05, 0) is 60.3 Å². The van der Waals surface area contributed by atoms with Crippen LogP contribution in [0, 0.1) is 11.3 Å². The van der Waals surface area contributed by atoms with Crippen molar-refractivity contribution in [3.05, 3.63) is 22.8 Å². The molecular weight excluding hydrogens is 322 g/mol. The molecule has 3 nitrogen and oxygen atoms in total. The normalized spacial score (nSPS) is 26.9. The SMILES string of the molecule is CCNC1(C#N)CCCC(Sc2ccc(Br)cn2)C1. The molecule has 1 aromatic rings. The van der Waals surface area contributed by atoms with Crippen molar-refractivity contribution < 1.29 is 0 Å². The molecule has 1 aliphatic rings. The molecule has 0 amide bonds. The fourth-order valence-electron chi connectivity index (χ4n) is 2.57. The predicted octanol–water partition coefficient (Wildman–Crippen LogP) is 3.75. The van der Waals surface area contributed by atoms with Crippen molar-refractivity contribution in [3.8, 4) is 6.07 Å². The molecule has 2 rings (SSSR count). The Kier molecular flexibility index (Phi) is 5.26. The Hall–Kier alpha value is -0.570. The topological polar surface area (TPSA) is 48.7 Å². The summed E-state index contributed by atoms with van der Waals surface area (Å²) in [5.41, 5.74) is -0.333. The van der Waals surface area contributed by atoms with E-state index in [1.165, 1.54) is 0 Å². The van der Waals surface area contributed by atoms with Crippen LogP contribution in [0.1, 0.15) is 32.6 Å². The lowest BCUT2D eigenvalue weighted by molar-refractivity contribution is 0.309. The third-order valence-corrected chi connectivity index (χ3v) is 5.11. The smallest absolute Gasteiger partial charge is 0.107 e. The van der Waals surface area contributed by atoms with Crippen LogP contribution in [-0.4, -0.2) is 22.3 Å². The second-order valence-electron chi connectivity index (χ2n) is 4.88. The highest BCUT2D eigenvalue weighted by molar-refractivity contribution is 9.10. The summed E-state index contributed by atoms with van der Waals surface area (Å²) in [4.78, 5) is 4.40. The number of thioether (sulfide) groups is 1. The quantitative estimate of drug-likeness (QED) is 0.907. The Morgan fingerprint density at radius 3 is 3.11 bits per heavy atom. The highest BCUT2D eigenvalue weighted by Gasteiger charge is 2.36. The van der Waals surface area contributed by atoms with Gasteiger partial charge in [0.15, 0.2) is 0 Å². The van der Waals surface area contributed by atoms with E-state index in [0.29, 0.717) is 5.25 Å². The highest BCUT2D eigenvalue weighted by atomic mass is 79.9. The van der Waals surface area contributed by atoms with E-state index in [-0.39, 0.29) is 5.54 Å². The van der Waals surface area contributed by atoms with Crippen LogP contribution < -0.4 is 5.32 Å². The third kappa shape index (κ3) is 3.95. The van der Waals surface area contributed by atoms with Crippen molar-refractivity contribution in [3.63, 3.8) is 0 Å². The van der Waals surface area contributed by atoms with Crippen LogP contribution >= 0.6 is 27.7 Å². The maximum absolute atomic E-state index is 9.45. The van der Waals surface area contributed by atoms with Gasteiger partial charge >= 0.3 is 0 Å². The van der Waals surface area contributed by atoms with Gasteiger partial charge in [0, 0.05) is 15.9 Å². The van der Waals surface area contributed by atoms with Gasteiger partial charge in [-0.15, -0.1) is 11.8 Å². The fourth-order valence-corrected chi connectivity index (χ4v) is 4.06. The van der Waals surface area contributed by atoms with Crippen LogP contribution in [0.3, 0.4) is 0 Å². The number of hydrogen-bond acceptors (Lipinski definition) is 4. The summed E-state index contributed by atoms with van der Waals surface area (Å²) in [5.74, 6) is 0. The van der Waals surface area contributed by atoms with Gasteiger partial charge in [-0.25, -0.2) is 4.98 Å². The number of nitrogens with zero attached hydrogens (tertiary/aromatic N) is 2. The minimum atomic E-state index is -0.333. The van der Waals surface area contributed by atoms with Gasteiger partial charge in [-0.2, -0.15) is 5.26 Å². The largest absolute Gasteiger partial charge is 0.300 e. The van der Waals surface area contributed by atoms with Gasteiger partial charge in [-0.3, -0.25) is 5.32 Å². The van der Waals surface area contributed by atoms with Gasteiger partial charge in [0.05, 0.1) is 11.1 Å². The molecule has 0 aromatic carbocycles. The minimum Gasteiger partial charge on any atom is -0.300 e. The number of hydrogen-bond donors (Lipinski definition) is 1. The van der Waals surface area contributed by atoms with Gasteiger partial charge in [0.2, 0.25) is 0 Å². The summed E-state index contributed by atoms with van der Waals surface area (Å²) in [5, 5.41) is 14.3. The lowest BCUT2D eigenvalue weighted by Crippen LogP contribution is -2.48. The molecule has 2 unspecified atom stereocenters. The van der Waals surface area contributed by atoms with Crippen LogP contribution in [0.2, 0.25) is 0 Å². The molecule has 1 saturated carbocycles. The molecule has 0 aliphatic heterocycles. The Labute approximate surface area is 127 Å². The standard InChI is InChI=1S/C14H18BrN3S/c1-2-18-14(10-16)7-3-4-12(8-14)19-13-6-5-11(15)9-17-13/h5-6,9,12,18H,2-4,7-8H2,1H3. The fraction of sp³-hybridized carbons (Fsp3) is 0.571. The van der Waals surface area contributed by atoms with E-state index in [1.54, 1.807) is 11.8 Å². The molecule has 19 heavy (non-hydrogen) atoms. The second kappa shape index (κ2) is 6.74. The Balaban J connectivity index is 2.01. The first-order chi connectivity index (χ1) is 9.17. The number of pyridine rings is 1. The van der Waals surface area contributed by atoms with Crippen LogP contribution in [0.15, 0.2) is 27.8 Å². The average molecular weight is 340 g/mol. The summed E-state index contributed by atoms with van der Waals surface area (Å²) < 4.78 is 1.000. The van der Waals surface area contributed by atoms with Crippen molar-refractivity contribution in [2.45, 2.75) is 48.4 Å². The molecule has 0 spiro atoms. The monoisotopic (exact) mass is 339 g/mol. The van der Waals surface area contributed by atoms with E-state index >= 15 is 0 Å². The predicted molar refractivity (Wildman–Crippen MR) is 82.1 cm³/mol. The zero-order chi connectivity index (χ0) is 13.7. The van der Waals surface area contributed by atoms with Crippen molar-refractivity contribution >= 4 is 27.7 Å². The zero-order valence-electron chi connectivity index (χ0n) is 11.0. The van der Waals surface area contributed by atoms with E-state index in [2.05, 4.69) is 39.2 Å². The molecule has 1 fully saturated rings. The Morgan fingerprint density at radius 1 is 1.63 bits per heavy atom. The van der Waals surface area contributed by atoms with Crippen molar-refractivity contribution in [2.75, 3.05) is 6.54 Å². The van der Waals surface area contributed by atoms with Crippen molar-refractivity contribution in [1.29, 1.82) is 5.26 Å². The van der Waals surface area contributed by atoms with Crippen LogP contribution in [0.25, 0.3) is 0 Å². The first-order valence-electron chi connectivity index (χ1n) is 6.62. The molecule has 2 atom stereocenters. The lowest BCUT2D eigenvalue weighted by atomic mass is 9.82. The Bertz CT molecular complexity index is 453. The summed E-state index contributed by atoms with van der Waals surface area (Å²) in [6, 6.07) is 6.54. The van der Waals surface area contributed by atoms with Crippen LogP contribution in [0.5, 0.6) is 0 Å². The van der Waals surface area contributed by atoms with Crippen molar-refractivity contribution in [1.82, 2.24) is 10.3 Å². The molecule has 102 valence electrons. The summed E-state index contributed by atoms with van der Waals surface area (Å²) in [6.45, 7) is 2.91. The molecule has 1 N–H and O–H groups in total. The van der Waals surface area contributed by atoms with Gasteiger partial charge < -0.3 is 0 Å². The molecule has 1 aromatic heterocycles. The number of aromatic nitrogens is 1. The molecular formula is C14H18BrN3S. The van der Waals surface area contributed by atoms with E-state index < -0.39 is 0 Å². The number of halogens is 1.